The number of carbonyl (C=O) groups excluding carboxylic acids is 2. The van der Waals surface area contributed by atoms with Crippen LogP contribution in [0, 0.1) is 0 Å². The molecule has 2 amide bonds. The minimum Gasteiger partial charge on any atom is -0.345 e. The van der Waals surface area contributed by atoms with Crippen molar-refractivity contribution in [1.82, 2.24) is 9.88 Å². The van der Waals surface area contributed by atoms with Gasteiger partial charge in [-0.3, -0.25) is 14.6 Å². The van der Waals surface area contributed by atoms with Gasteiger partial charge in [0.1, 0.15) is 0 Å². The maximum absolute atomic E-state index is 13.0. The van der Waals surface area contributed by atoms with Crippen molar-refractivity contribution in [3.63, 3.8) is 0 Å². The molecule has 4 aromatic rings. The number of amides is 2. The summed E-state index contributed by atoms with van der Waals surface area (Å²) in [4.78, 5) is 31.0. The number of fused-ring (bicyclic) bond motifs is 1. The molecule has 1 heterocycles. The topological polar surface area (TPSA) is 62.3 Å². The van der Waals surface area contributed by atoms with Crippen molar-refractivity contribution in [3.8, 4) is 11.1 Å². The number of hydrogen-bond donors (Lipinski definition) is 1. The van der Waals surface area contributed by atoms with E-state index in [1.165, 1.54) is 23.2 Å². The second-order valence-electron chi connectivity index (χ2n) is 7.91. The van der Waals surface area contributed by atoms with Gasteiger partial charge in [-0.1, -0.05) is 36.4 Å². The molecule has 1 aromatic heterocycles. The molecule has 0 unspecified atom stereocenters. The third-order valence-electron chi connectivity index (χ3n) is 5.29. The molecule has 4 rings (SSSR count). The second kappa shape index (κ2) is 8.97. The van der Waals surface area contributed by atoms with E-state index in [0.717, 1.165) is 17.5 Å². The van der Waals surface area contributed by atoms with Gasteiger partial charge in [-0.05, 0) is 47.5 Å². The van der Waals surface area contributed by atoms with Gasteiger partial charge in [-0.25, -0.2) is 0 Å². The molecule has 0 saturated carbocycles. The molecule has 0 radical (unpaired) electrons. The Morgan fingerprint density at radius 2 is 1.62 bits per heavy atom. The maximum atomic E-state index is 13.0. The lowest BCUT2D eigenvalue weighted by atomic mass is 9.98. The summed E-state index contributed by atoms with van der Waals surface area (Å²) in [5.74, 6) is -0.569. The Kier molecular flexibility index (Phi) is 6.06. The van der Waals surface area contributed by atoms with Crippen LogP contribution in [0.2, 0.25) is 0 Å². The lowest BCUT2D eigenvalue weighted by Crippen LogP contribution is -2.21. The van der Waals surface area contributed by atoms with E-state index in [1.54, 1.807) is 62.6 Å². The smallest absolute Gasteiger partial charge is 0.345 e. The summed E-state index contributed by atoms with van der Waals surface area (Å²) >= 11 is 0. The molecular formula is C26H20F3N3O2. The van der Waals surface area contributed by atoms with E-state index in [2.05, 4.69) is 10.3 Å². The molecular weight excluding hydrogens is 443 g/mol. The van der Waals surface area contributed by atoms with Crippen LogP contribution in [0.4, 0.5) is 18.9 Å². The van der Waals surface area contributed by atoms with Crippen LogP contribution in [0.1, 0.15) is 26.3 Å². The van der Waals surface area contributed by atoms with Crippen LogP contribution in [0.15, 0.2) is 79.0 Å². The Morgan fingerprint density at radius 3 is 2.29 bits per heavy atom. The zero-order chi connectivity index (χ0) is 24.5. The average molecular weight is 463 g/mol. The Hall–Kier alpha value is -4.20. The summed E-state index contributed by atoms with van der Waals surface area (Å²) in [6.07, 6.45) is -2.95. The predicted octanol–water partition coefficient (Wildman–Crippen LogP) is 5.87. The zero-order valence-electron chi connectivity index (χ0n) is 18.4. The van der Waals surface area contributed by atoms with Crippen molar-refractivity contribution in [3.05, 3.63) is 95.7 Å². The van der Waals surface area contributed by atoms with E-state index < -0.39 is 17.6 Å². The number of rotatable bonds is 4. The van der Waals surface area contributed by atoms with E-state index in [1.807, 2.05) is 0 Å². The van der Waals surface area contributed by atoms with E-state index in [-0.39, 0.29) is 5.91 Å². The molecule has 172 valence electrons. The number of benzene rings is 3. The Bertz CT molecular complexity index is 1380. The van der Waals surface area contributed by atoms with Gasteiger partial charge in [-0.2, -0.15) is 13.2 Å². The predicted molar refractivity (Wildman–Crippen MR) is 125 cm³/mol. The number of nitrogens with one attached hydrogen (secondary N) is 1. The van der Waals surface area contributed by atoms with E-state index >= 15 is 0 Å². The van der Waals surface area contributed by atoms with Gasteiger partial charge in [0.2, 0.25) is 0 Å². The quantitative estimate of drug-likeness (QED) is 0.412. The van der Waals surface area contributed by atoms with Crippen LogP contribution in [-0.4, -0.2) is 35.8 Å². The molecule has 0 atom stereocenters. The summed E-state index contributed by atoms with van der Waals surface area (Å²) in [5.41, 5.74) is 2.14. The third kappa shape index (κ3) is 4.76. The van der Waals surface area contributed by atoms with E-state index in [9.17, 15) is 22.8 Å². The maximum Gasteiger partial charge on any atom is 0.416 e. The zero-order valence-corrected chi connectivity index (χ0v) is 18.4. The highest BCUT2D eigenvalue weighted by Crippen LogP contribution is 2.32. The van der Waals surface area contributed by atoms with E-state index in [0.29, 0.717) is 33.5 Å². The number of aromatic nitrogens is 1. The molecule has 8 heteroatoms. The van der Waals surface area contributed by atoms with Crippen molar-refractivity contribution in [2.75, 3.05) is 19.4 Å². The standard InChI is InChI=1S/C26H20F3N3O2/c1-32(2)25(34)18-13-17-9-12-20(14-23(17)30-15-18)31-24(33)22-6-4-3-5-21(22)16-7-10-19(11-8-16)26(27,28)29/h3-15H,1-2H3,(H,31,33). The Labute approximate surface area is 193 Å². The molecule has 0 saturated heterocycles. The first-order chi connectivity index (χ1) is 16.1. The summed E-state index contributed by atoms with van der Waals surface area (Å²) in [5, 5.41) is 3.56. The van der Waals surface area contributed by atoms with Gasteiger partial charge in [0.25, 0.3) is 11.8 Å². The van der Waals surface area contributed by atoms with Crippen LogP contribution in [0.3, 0.4) is 0 Å². The normalized spacial score (nSPS) is 11.3. The van der Waals surface area contributed by atoms with Crippen LogP contribution < -0.4 is 5.32 Å². The van der Waals surface area contributed by atoms with Crippen molar-refractivity contribution < 1.29 is 22.8 Å². The fourth-order valence-electron chi connectivity index (χ4n) is 3.54. The monoisotopic (exact) mass is 463 g/mol. The highest BCUT2D eigenvalue weighted by molar-refractivity contribution is 6.09. The van der Waals surface area contributed by atoms with Gasteiger partial charge in [0.15, 0.2) is 0 Å². The number of hydrogen-bond acceptors (Lipinski definition) is 3. The second-order valence-corrected chi connectivity index (χ2v) is 7.91. The molecule has 34 heavy (non-hydrogen) atoms. The lowest BCUT2D eigenvalue weighted by Gasteiger charge is -2.13. The molecule has 0 spiro atoms. The van der Waals surface area contributed by atoms with E-state index in [4.69, 9.17) is 0 Å². The van der Waals surface area contributed by atoms with Crippen molar-refractivity contribution in [2.45, 2.75) is 6.18 Å². The van der Waals surface area contributed by atoms with Crippen molar-refractivity contribution in [2.24, 2.45) is 0 Å². The summed E-state index contributed by atoms with van der Waals surface area (Å²) in [6.45, 7) is 0. The number of nitrogens with zero attached hydrogens (tertiary/aromatic N) is 2. The molecule has 0 aliphatic carbocycles. The van der Waals surface area contributed by atoms with Crippen molar-refractivity contribution in [1.29, 1.82) is 0 Å². The third-order valence-corrected chi connectivity index (χ3v) is 5.29. The molecule has 3 aromatic carbocycles. The summed E-state index contributed by atoms with van der Waals surface area (Å²) in [7, 11) is 3.32. The fraction of sp³-hybridized carbons (Fsp3) is 0.115. The summed E-state index contributed by atoms with van der Waals surface area (Å²) < 4.78 is 38.7. The first-order valence-corrected chi connectivity index (χ1v) is 10.3. The molecule has 0 aliphatic rings. The SMILES string of the molecule is CN(C)C(=O)c1cnc2cc(NC(=O)c3ccccc3-c3ccc(C(F)(F)F)cc3)ccc2c1. The molecule has 0 aliphatic heterocycles. The van der Waals surface area contributed by atoms with Crippen LogP contribution >= 0.6 is 0 Å². The van der Waals surface area contributed by atoms with Gasteiger partial charge in [0.05, 0.1) is 16.6 Å². The number of halogens is 3. The number of anilines is 1. The number of alkyl halides is 3. The minimum absolute atomic E-state index is 0.161. The van der Waals surface area contributed by atoms with Crippen LogP contribution in [-0.2, 0) is 6.18 Å². The fourth-order valence-corrected chi connectivity index (χ4v) is 3.54. The first-order valence-electron chi connectivity index (χ1n) is 10.3. The van der Waals surface area contributed by atoms with Crippen LogP contribution in [0.5, 0.6) is 0 Å². The van der Waals surface area contributed by atoms with Gasteiger partial charge < -0.3 is 10.2 Å². The Morgan fingerprint density at radius 1 is 0.912 bits per heavy atom. The molecule has 1 N–H and O–H groups in total. The first kappa shape index (κ1) is 23.0. The highest BCUT2D eigenvalue weighted by Gasteiger charge is 2.30. The molecule has 0 fully saturated rings. The van der Waals surface area contributed by atoms with Gasteiger partial charge >= 0.3 is 6.18 Å². The number of carbonyl (C=O) groups is 2. The van der Waals surface area contributed by atoms with Crippen molar-refractivity contribution >= 4 is 28.4 Å². The lowest BCUT2D eigenvalue weighted by molar-refractivity contribution is -0.137. The average Bonchev–Trinajstić information content (AvgIpc) is 2.82. The van der Waals surface area contributed by atoms with Gasteiger partial charge in [0, 0.05) is 36.9 Å². The molecule has 5 nitrogen and oxygen atoms in total. The summed E-state index contributed by atoms with van der Waals surface area (Å²) in [6, 6.07) is 18.3. The van der Waals surface area contributed by atoms with Crippen LogP contribution in [0.25, 0.3) is 22.0 Å². The Balaban J connectivity index is 1.60. The highest BCUT2D eigenvalue weighted by atomic mass is 19.4. The minimum atomic E-state index is -4.43. The largest absolute Gasteiger partial charge is 0.416 e. The molecule has 0 bridgehead atoms. The number of pyridine rings is 1. The van der Waals surface area contributed by atoms with Gasteiger partial charge in [-0.15, -0.1) is 0 Å².